The molecule has 4 rings (SSSR count). The van der Waals surface area contributed by atoms with Gasteiger partial charge in [-0.3, -0.25) is 4.79 Å². The standard InChI is InChI=1S/C21H26N6O2/c1-16-5-7-18(8-6-16)29-14-20(28)27-10-3-4-17(12-27)21-24-23-19(25(21)2)13-26-11-9-22-15-26/h5-9,11,15,17H,3-4,10,12-14H2,1-2H3/t17-/m1/s1. The average Bonchev–Trinajstić information content (AvgIpc) is 3.38. The van der Waals surface area contributed by atoms with Gasteiger partial charge in [0.1, 0.15) is 11.6 Å². The third-order valence-electron chi connectivity index (χ3n) is 5.40. The van der Waals surface area contributed by atoms with E-state index in [4.69, 9.17) is 4.74 Å². The highest BCUT2D eigenvalue weighted by Crippen LogP contribution is 2.26. The molecule has 3 heterocycles. The fourth-order valence-electron chi connectivity index (χ4n) is 3.70. The van der Waals surface area contributed by atoms with Gasteiger partial charge in [0, 0.05) is 38.4 Å². The SMILES string of the molecule is Cc1ccc(OCC(=O)N2CCC[C@@H](c3nnc(Cn4ccnc4)n3C)C2)cc1. The second kappa shape index (κ2) is 8.46. The molecule has 29 heavy (non-hydrogen) atoms. The second-order valence-corrected chi connectivity index (χ2v) is 7.55. The van der Waals surface area contributed by atoms with E-state index in [0.29, 0.717) is 13.1 Å². The zero-order chi connectivity index (χ0) is 20.2. The topological polar surface area (TPSA) is 78.1 Å². The van der Waals surface area contributed by atoms with E-state index in [0.717, 1.165) is 36.8 Å². The Morgan fingerprint density at radius 2 is 2.07 bits per heavy atom. The number of hydrogen-bond donors (Lipinski definition) is 0. The average molecular weight is 394 g/mol. The Bertz CT molecular complexity index is 948. The Kier molecular flexibility index (Phi) is 5.59. The lowest BCUT2D eigenvalue weighted by atomic mass is 9.97. The van der Waals surface area contributed by atoms with Gasteiger partial charge in [-0.05, 0) is 31.9 Å². The van der Waals surface area contributed by atoms with Crippen molar-refractivity contribution in [2.45, 2.75) is 32.2 Å². The summed E-state index contributed by atoms with van der Waals surface area (Å²) >= 11 is 0. The molecular weight excluding hydrogens is 368 g/mol. The van der Waals surface area contributed by atoms with Gasteiger partial charge in [-0.2, -0.15) is 0 Å². The van der Waals surface area contributed by atoms with Crippen molar-refractivity contribution in [2.75, 3.05) is 19.7 Å². The van der Waals surface area contributed by atoms with Gasteiger partial charge >= 0.3 is 0 Å². The highest BCUT2D eigenvalue weighted by atomic mass is 16.5. The Morgan fingerprint density at radius 1 is 1.24 bits per heavy atom. The molecule has 1 aliphatic heterocycles. The van der Waals surface area contributed by atoms with E-state index in [-0.39, 0.29) is 18.4 Å². The summed E-state index contributed by atoms with van der Waals surface area (Å²) in [6, 6.07) is 7.74. The molecule has 1 atom stereocenters. The number of ether oxygens (including phenoxy) is 1. The molecule has 1 aliphatic rings. The normalized spacial score (nSPS) is 16.8. The number of likely N-dealkylation sites (tertiary alicyclic amines) is 1. The Hall–Kier alpha value is -3.16. The van der Waals surface area contributed by atoms with Gasteiger partial charge in [0.15, 0.2) is 12.4 Å². The Morgan fingerprint density at radius 3 is 2.83 bits per heavy atom. The number of aryl methyl sites for hydroxylation is 1. The van der Waals surface area contributed by atoms with Crippen LogP contribution in [0.5, 0.6) is 5.75 Å². The lowest BCUT2D eigenvalue weighted by Crippen LogP contribution is -2.42. The molecule has 2 aromatic heterocycles. The van der Waals surface area contributed by atoms with E-state index in [1.807, 2.05) is 58.5 Å². The molecule has 1 aromatic carbocycles. The number of amides is 1. The van der Waals surface area contributed by atoms with Crippen LogP contribution in [0.1, 0.15) is 36.0 Å². The van der Waals surface area contributed by atoms with E-state index >= 15 is 0 Å². The van der Waals surface area contributed by atoms with Crippen molar-refractivity contribution in [2.24, 2.45) is 7.05 Å². The molecule has 0 unspecified atom stereocenters. The first-order valence-electron chi connectivity index (χ1n) is 9.91. The van der Waals surface area contributed by atoms with Gasteiger partial charge < -0.3 is 18.8 Å². The second-order valence-electron chi connectivity index (χ2n) is 7.55. The van der Waals surface area contributed by atoms with E-state index in [9.17, 15) is 4.79 Å². The molecule has 3 aromatic rings. The summed E-state index contributed by atoms with van der Waals surface area (Å²) in [6.07, 6.45) is 7.37. The van der Waals surface area contributed by atoms with Gasteiger partial charge in [0.25, 0.3) is 5.91 Å². The third kappa shape index (κ3) is 4.47. The summed E-state index contributed by atoms with van der Waals surface area (Å²) < 4.78 is 9.68. The molecule has 1 saturated heterocycles. The molecular formula is C21H26N6O2. The number of rotatable bonds is 6. The van der Waals surface area contributed by atoms with Crippen LogP contribution >= 0.6 is 0 Å². The maximum absolute atomic E-state index is 12.7. The van der Waals surface area contributed by atoms with Crippen LogP contribution in [-0.2, 0) is 18.4 Å². The maximum atomic E-state index is 12.7. The van der Waals surface area contributed by atoms with E-state index in [1.54, 1.807) is 12.5 Å². The zero-order valence-electron chi connectivity index (χ0n) is 16.9. The number of carbonyl (C=O) groups is 1. The van der Waals surface area contributed by atoms with Gasteiger partial charge in [-0.15, -0.1) is 10.2 Å². The minimum Gasteiger partial charge on any atom is -0.484 e. The molecule has 1 fully saturated rings. The molecule has 1 amide bonds. The van der Waals surface area contributed by atoms with Crippen LogP contribution < -0.4 is 4.74 Å². The maximum Gasteiger partial charge on any atom is 0.260 e. The first-order chi connectivity index (χ1) is 14.1. The molecule has 0 spiro atoms. The Labute approximate surface area is 170 Å². The predicted octanol–water partition coefficient (Wildman–Crippen LogP) is 2.15. The molecule has 0 radical (unpaired) electrons. The van der Waals surface area contributed by atoms with Crippen molar-refractivity contribution >= 4 is 5.91 Å². The van der Waals surface area contributed by atoms with Gasteiger partial charge in [0.2, 0.25) is 0 Å². The van der Waals surface area contributed by atoms with Gasteiger partial charge in [-0.25, -0.2) is 4.98 Å². The molecule has 152 valence electrons. The number of aromatic nitrogens is 5. The minimum atomic E-state index is 0.0103. The number of piperidine rings is 1. The highest BCUT2D eigenvalue weighted by molar-refractivity contribution is 5.78. The molecule has 8 heteroatoms. The van der Waals surface area contributed by atoms with E-state index in [1.165, 1.54) is 5.56 Å². The van der Waals surface area contributed by atoms with Crippen molar-refractivity contribution in [1.82, 2.24) is 29.2 Å². The summed E-state index contributed by atoms with van der Waals surface area (Å²) in [5.74, 6) is 2.72. The fraction of sp³-hybridized carbons (Fsp3) is 0.429. The van der Waals surface area contributed by atoms with Crippen molar-refractivity contribution in [3.05, 3.63) is 60.2 Å². The number of nitrogens with zero attached hydrogens (tertiary/aromatic N) is 6. The highest BCUT2D eigenvalue weighted by Gasteiger charge is 2.28. The number of hydrogen-bond acceptors (Lipinski definition) is 5. The van der Waals surface area contributed by atoms with Crippen LogP contribution in [0.4, 0.5) is 0 Å². The van der Waals surface area contributed by atoms with Crippen molar-refractivity contribution in [3.8, 4) is 5.75 Å². The monoisotopic (exact) mass is 394 g/mol. The predicted molar refractivity (Wildman–Crippen MR) is 108 cm³/mol. The molecule has 0 bridgehead atoms. The number of carbonyl (C=O) groups excluding carboxylic acids is 1. The summed E-state index contributed by atoms with van der Waals surface area (Å²) in [6.45, 7) is 4.11. The minimum absolute atomic E-state index is 0.0103. The van der Waals surface area contributed by atoms with Gasteiger partial charge in [-0.1, -0.05) is 17.7 Å². The number of benzene rings is 1. The molecule has 0 N–H and O–H groups in total. The first kappa shape index (κ1) is 19.2. The van der Waals surface area contributed by atoms with Crippen molar-refractivity contribution in [1.29, 1.82) is 0 Å². The van der Waals surface area contributed by atoms with Crippen LogP contribution in [0.3, 0.4) is 0 Å². The van der Waals surface area contributed by atoms with Crippen molar-refractivity contribution < 1.29 is 9.53 Å². The van der Waals surface area contributed by atoms with Crippen LogP contribution in [-0.4, -0.2) is 54.8 Å². The lowest BCUT2D eigenvalue weighted by Gasteiger charge is -2.32. The summed E-state index contributed by atoms with van der Waals surface area (Å²) in [7, 11) is 1.99. The number of imidazole rings is 1. The van der Waals surface area contributed by atoms with Crippen LogP contribution in [0.25, 0.3) is 0 Å². The summed E-state index contributed by atoms with van der Waals surface area (Å²) in [5, 5.41) is 8.78. The molecule has 0 saturated carbocycles. The van der Waals surface area contributed by atoms with Crippen LogP contribution in [0, 0.1) is 6.92 Å². The smallest absolute Gasteiger partial charge is 0.260 e. The van der Waals surface area contributed by atoms with Crippen LogP contribution in [0.2, 0.25) is 0 Å². The largest absolute Gasteiger partial charge is 0.484 e. The summed E-state index contributed by atoms with van der Waals surface area (Å²) in [5.41, 5.74) is 1.17. The van der Waals surface area contributed by atoms with Crippen LogP contribution in [0.15, 0.2) is 43.0 Å². The van der Waals surface area contributed by atoms with E-state index in [2.05, 4.69) is 15.2 Å². The lowest BCUT2D eigenvalue weighted by molar-refractivity contribution is -0.134. The zero-order valence-corrected chi connectivity index (χ0v) is 16.9. The summed E-state index contributed by atoms with van der Waals surface area (Å²) in [4.78, 5) is 18.6. The fourth-order valence-corrected chi connectivity index (χ4v) is 3.70. The molecule has 8 nitrogen and oxygen atoms in total. The van der Waals surface area contributed by atoms with Crippen molar-refractivity contribution in [3.63, 3.8) is 0 Å². The van der Waals surface area contributed by atoms with E-state index < -0.39 is 0 Å². The molecule has 0 aliphatic carbocycles. The first-order valence-corrected chi connectivity index (χ1v) is 9.91. The van der Waals surface area contributed by atoms with Gasteiger partial charge in [0.05, 0.1) is 12.9 Å². The third-order valence-corrected chi connectivity index (χ3v) is 5.40. The quantitative estimate of drug-likeness (QED) is 0.640. The Balaban J connectivity index is 1.37.